The van der Waals surface area contributed by atoms with Crippen LogP contribution in [0.2, 0.25) is 0 Å². The van der Waals surface area contributed by atoms with E-state index in [-0.39, 0.29) is 19.0 Å². The molecule has 174 valence electrons. The first-order valence-electron chi connectivity index (χ1n) is 9.64. The topological polar surface area (TPSA) is 102 Å². The summed E-state index contributed by atoms with van der Waals surface area (Å²) in [6.07, 6.45) is -4.71. The summed E-state index contributed by atoms with van der Waals surface area (Å²) in [7, 11) is 0. The normalized spacial score (nSPS) is 12.6. The fraction of sp³-hybridized carbons (Fsp3) is 0.381. The van der Waals surface area contributed by atoms with Gasteiger partial charge < -0.3 is 14.8 Å². The average molecular weight is 454 g/mol. The number of carbonyl (C=O) groups is 2. The lowest BCUT2D eigenvalue weighted by Gasteiger charge is -2.23. The van der Waals surface area contributed by atoms with E-state index in [9.17, 15) is 22.8 Å². The number of nitrogens with one attached hydrogen (secondary N) is 3. The molecule has 0 aliphatic rings. The van der Waals surface area contributed by atoms with Gasteiger partial charge in [-0.2, -0.15) is 13.2 Å². The molecule has 1 aromatic carbocycles. The summed E-state index contributed by atoms with van der Waals surface area (Å²) in [5, 5.41) is 2.42. The maximum Gasteiger partial charge on any atom is 0.417 e. The lowest BCUT2D eigenvalue weighted by molar-refractivity contribution is -0.137. The minimum atomic E-state index is -4.52. The van der Waals surface area contributed by atoms with Gasteiger partial charge in [0.05, 0.1) is 18.8 Å². The third-order valence-electron chi connectivity index (χ3n) is 3.81. The smallest absolute Gasteiger partial charge is 0.417 e. The Labute approximate surface area is 183 Å². The molecule has 1 unspecified atom stereocenters. The molecule has 0 saturated heterocycles. The van der Waals surface area contributed by atoms with E-state index in [2.05, 4.69) is 21.2 Å². The van der Waals surface area contributed by atoms with Gasteiger partial charge in [0.15, 0.2) is 0 Å². The number of amides is 2. The minimum absolute atomic E-state index is 0.0208. The number of hydrogen-bond acceptors (Lipinski definition) is 6. The van der Waals surface area contributed by atoms with Gasteiger partial charge in [-0.25, -0.2) is 9.78 Å². The number of alkyl halides is 3. The van der Waals surface area contributed by atoms with Crippen molar-refractivity contribution in [1.82, 2.24) is 15.7 Å². The second-order valence-electron chi connectivity index (χ2n) is 7.74. The fourth-order valence-corrected chi connectivity index (χ4v) is 2.35. The molecule has 0 saturated carbocycles. The number of carbonyl (C=O) groups excluding carboxylic acids is 2. The Hall–Kier alpha value is -3.34. The molecular weight excluding hydrogens is 429 g/mol. The van der Waals surface area contributed by atoms with Crippen molar-refractivity contribution >= 4 is 17.8 Å². The van der Waals surface area contributed by atoms with E-state index in [1.165, 1.54) is 0 Å². The third-order valence-corrected chi connectivity index (χ3v) is 3.81. The van der Waals surface area contributed by atoms with E-state index in [1.807, 2.05) is 30.3 Å². The molecule has 2 amide bonds. The van der Waals surface area contributed by atoms with E-state index in [0.29, 0.717) is 6.20 Å². The van der Waals surface area contributed by atoms with Crippen LogP contribution in [0.15, 0.2) is 48.7 Å². The number of hydrazine groups is 1. The zero-order chi connectivity index (χ0) is 23.8. The summed E-state index contributed by atoms with van der Waals surface area (Å²) in [5.74, 6) is -0.724. The van der Waals surface area contributed by atoms with Gasteiger partial charge in [-0.15, -0.1) is 0 Å². The fourth-order valence-electron chi connectivity index (χ4n) is 2.35. The molecular formula is C21H25F3N4O4. The quantitative estimate of drug-likeness (QED) is 0.527. The molecule has 3 N–H and O–H groups in total. The zero-order valence-electron chi connectivity index (χ0n) is 17.8. The third kappa shape index (κ3) is 8.80. The molecule has 0 fully saturated rings. The Morgan fingerprint density at radius 2 is 1.75 bits per heavy atom. The molecule has 2 aromatic rings. The van der Waals surface area contributed by atoms with Crippen LogP contribution in [0.25, 0.3) is 0 Å². The molecule has 8 nitrogen and oxygen atoms in total. The summed E-state index contributed by atoms with van der Waals surface area (Å²) >= 11 is 0. The zero-order valence-corrected chi connectivity index (χ0v) is 17.8. The Morgan fingerprint density at radius 3 is 2.31 bits per heavy atom. The van der Waals surface area contributed by atoms with Gasteiger partial charge in [0.25, 0.3) is 5.91 Å². The van der Waals surface area contributed by atoms with Crippen LogP contribution in [0.1, 0.15) is 31.9 Å². The number of pyridine rings is 1. The predicted molar refractivity (Wildman–Crippen MR) is 110 cm³/mol. The molecule has 32 heavy (non-hydrogen) atoms. The highest BCUT2D eigenvalue weighted by atomic mass is 19.4. The Morgan fingerprint density at radius 1 is 1.06 bits per heavy atom. The van der Waals surface area contributed by atoms with E-state index < -0.39 is 35.4 Å². The molecule has 2 rings (SSSR count). The first kappa shape index (κ1) is 24.9. The van der Waals surface area contributed by atoms with Crippen molar-refractivity contribution < 1.29 is 32.2 Å². The van der Waals surface area contributed by atoms with Gasteiger partial charge in [-0.3, -0.25) is 15.6 Å². The highest BCUT2D eigenvalue weighted by Crippen LogP contribution is 2.28. The number of hydrogen-bond donors (Lipinski definition) is 3. The molecule has 1 aromatic heterocycles. The van der Waals surface area contributed by atoms with E-state index >= 15 is 0 Å². The second kappa shape index (κ2) is 10.8. The highest BCUT2D eigenvalue weighted by molar-refractivity contribution is 5.86. The van der Waals surface area contributed by atoms with Crippen molar-refractivity contribution in [2.45, 2.75) is 45.2 Å². The average Bonchev–Trinajstić information content (AvgIpc) is 2.70. The molecule has 0 bridgehead atoms. The SMILES string of the molecule is CC(C)(C)OC(=O)NC(COCc1ccccc1)C(=O)NNc1ccc(C(F)(F)F)cn1. The van der Waals surface area contributed by atoms with Crippen molar-refractivity contribution in [2.24, 2.45) is 0 Å². The molecule has 0 spiro atoms. The molecule has 0 radical (unpaired) electrons. The highest BCUT2D eigenvalue weighted by Gasteiger charge is 2.30. The molecule has 0 aliphatic heterocycles. The Kier molecular flexibility index (Phi) is 8.41. The maximum atomic E-state index is 12.6. The number of ether oxygens (including phenoxy) is 2. The summed E-state index contributed by atoms with van der Waals surface area (Å²) in [6.45, 7) is 5.04. The van der Waals surface area contributed by atoms with E-state index in [0.717, 1.165) is 17.7 Å². The first-order valence-corrected chi connectivity index (χ1v) is 9.64. The monoisotopic (exact) mass is 454 g/mol. The molecule has 1 heterocycles. The summed E-state index contributed by atoms with van der Waals surface area (Å²) < 4.78 is 48.6. The van der Waals surface area contributed by atoms with Crippen LogP contribution in [0.4, 0.5) is 23.8 Å². The maximum absolute atomic E-state index is 12.6. The van der Waals surface area contributed by atoms with Gasteiger partial charge in [0.1, 0.15) is 17.5 Å². The van der Waals surface area contributed by atoms with E-state index in [4.69, 9.17) is 9.47 Å². The summed E-state index contributed by atoms with van der Waals surface area (Å²) in [6, 6.07) is 9.95. The number of nitrogens with zero attached hydrogens (tertiary/aromatic N) is 1. The van der Waals surface area contributed by atoms with Crippen molar-refractivity contribution in [1.29, 1.82) is 0 Å². The number of halogens is 3. The second-order valence-corrected chi connectivity index (χ2v) is 7.74. The van der Waals surface area contributed by atoms with Gasteiger partial charge in [0, 0.05) is 6.20 Å². The number of anilines is 1. The summed E-state index contributed by atoms with van der Waals surface area (Å²) in [4.78, 5) is 28.3. The number of alkyl carbamates (subject to hydrolysis) is 1. The minimum Gasteiger partial charge on any atom is -0.444 e. The van der Waals surface area contributed by atoms with Crippen LogP contribution in [-0.4, -0.2) is 35.2 Å². The molecule has 1 atom stereocenters. The lowest BCUT2D eigenvalue weighted by atomic mass is 10.2. The van der Waals surface area contributed by atoms with Crippen molar-refractivity contribution in [3.63, 3.8) is 0 Å². The van der Waals surface area contributed by atoms with Gasteiger partial charge >= 0.3 is 12.3 Å². The van der Waals surface area contributed by atoms with Crippen LogP contribution in [0.5, 0.6) is 0 Å². The number of aromatic nitrogens is 1. The Balaban J connectivity index is 1.97. The number of benzene rings is 1. The molecule has 11 heteroatoms. The van der Waals surface area contributed by atoms with E-state index in [1.54, 1.807) is 20.8 Å². The van der Waals surface area contributed by atoms with Crippen LogP contribution in [0.3, 0.4) is 0 Å². The Bertz CT molecular complexity index is 885. The summed E-state index contributed by atoms with van der Waals surface area (Å²) in [5.41, 5.74) is 3.87. The lowest BCUT2D eigenvalue weighted by Crippen LogP contribution is -2.51. The largest absolute Gasteiger partial charge is 0.444 e. The van der Waals surface area contributed by atoms with Gasteiger partial charge in [-0.05, 0) is 38.5 Å². The van der Waals surface area contributed by atoms with Crippen molar-refractivity contribution in [3.8, 4) is 0 Å². The van der Waals surface area contributed by atoms with Gasteiger partial charge in [0.2, 0.25) is 0 Å². The predicted octanol–water partition coefficient (Wildman–Crippen LogP) is 3.65. The van der Waals surface area contributed by atoms with Crippen LogP contribution >= 0.6 is 0 Å². The van der Waals surface area contributed by atoms with Crippen molar-refractivity contribution in [2.75, 3.05) is 12.0 Å². The van der Waals surface area contributed by atoms with Crippen LogP contribution in [-0.2, 0) is 27.1 Å². The standard InChI is InChI=1S/C21H25F3N4O4/c1-20(2,3)32-19(30)26-16(13-31-12-14-7-5-4-6-8-14)18(29)28-27-17-10-9-15(11-25-17)21(22,23)24/h4-11,16H,12-13H2,1-3H3,(H,25,27)(H,26,30)(H,28,29). The van der Waals surface area contributed by atoms with Crippen molar-refractivity contribution in [3.05, 3.63) is 59.8 Å². The van der Waals surface area contributed by atoms with Crippen LogP contribution < -0.4 is 16.2 Å². The van der Waals surface area contributed by atoms with Gasteiger partial charge in [-0.1, -0.05) is 30.3 Å². The molecule has 0 aliphatic carbocycles. The first-order chi connectivity index (χ1) is 14.9. The van der Waals surface area contributed by atoms with Crippen LogP contribution in [0, 0.1) is 0 Å². The number of rotatable bonds is 8.